The van der Waals surface area contributed by atoms with E-state index in [1.54, 1.807) is 0 Å². The first-order chi connectivity index (χ1) is 7.90. The number of nitrogens with one attached hydrogen (secondary N) is 1. The van der Waals surface area contributed by atoms with Crippen LogP contribution in [-0.4, -0.2) is 10.9 Å². The van der Waals surface area contributed by atoms with Crippen LogP contribution in [0.5, 0.6) is 0 Å². The van der Waals surface area contributed by atoms with Crippen LogP contribution in [-0.2, 0) is 4.79 Å². The summed E-state index contributed by atoms with van der Waals surface area (Å²) < 4.78 is 0. The van der Waals surface area contributed by atoms with E-state index in [9.17, 15) is 4.79 Å². The molecule has 0 saturated carbocycles. The molecule has 1 rings (SSSR count). The summed E-state index contributed by atoms with van der Waals surface area (Å²) in [7, 11) is 0. The van der Waals surface area contributed by atoms with Gasteiger partial charge in [-0.2, -0.15) is 0 Å². The smallest absolute Gasteiger partial charge is 0.231 e. The Morgan fingerprint density at radius 3 is 2.71 bits per heavy atom. The van der Waals surface area contributed by atoms with Crippen molar-refractivity contribution < 1.29 is 4.79 Å². The third-order valence-electron chi connectivity index (χ3n) is 3.36. The lowest BCUT2D eigenvalue weighted by atomic mass is 9.89. The summed E-state index contributed by atoms with van der Waals surface area (Å²) in [6.07, 6.45) is 1.89. The fraction of sp³-hybridized carbons (Fsp3) is 0.692. The number of rotatable bonds is 5. The van der Waals surface area contributed by atoms with E-state index >= 15 is 0 Å². The van der Waals surface area contributed by atoms with Gasteiger partial charge < -0.3 is 5.32 Å². The molecule has 0 bridgehead atoms. The average Bonchev–Trinajstić information content (AvgIpc) is 2.76. The highest BCUT2D eigenvalue weighted by atomic mass is 32.1. The van der Waals surface area contributed by atoms with Crippen LogP contribution in [0, 0.1) is 5.41 Å². The van der Waals surface area contributed by atoms with Gasteiger partial charge in [-0.25, -0.2) is 4.98 Å². The maximum Gasteiger partial charge on any atom is 0.231 e. The van der Waals surface area contributed by atoms with Gasteiger partial charge in [0.1, 0.15) is 0 Å². The molecule has 1 atom stereocenters. The number of carbonyl (C=O) groups excluding carboxylic acids is 1. The lowest BCUT2D eigenvalue weighted by molar-refractivity contribution is -0.124. The van der Waals surface area contributed by atoms with Gasteiger partial charge in [0.25, 0.3) is 0 Å². The van der Waals surface area contributed by atoms with Crippen molar-refractivity contribution in [2.45, 2.75) is 53.4 Å². The molecule has 17 heavy (non-hydrogen) atoms. The predicted octanol–water partition coefficient (Wildman–Crippen LogP) is 4.03. The minimum absolute atomic E-state index is 0.0463. The molecule has 1 amide bonds. The summed E-state index contributed by atoms with van der Waals surface area (Å²) in [5.41, 5.74) is 0.740. The number of aromatic nitrogens is 1. The molecule has 4 heteroatoms. The predicted molar refractivity (Wildman–Crippen MR) is 73.5 cm³/mol. The van der Waals surface area contributed by atoms with Crippen LogP contribution in [0.2, 0.25) is 0 Å². The zero-order valence-corrected chi connectivity index (χ0v) is 12.1. The molecule has 0 radical (unpaired) electrons. The minimum atomic E-state index is -0.331. The van der Waals surface area contributed by atoms with Crippen LogP contribution >= 0.6 is 11.3 Å². The monoisotopic (exact) mass is 254 g/mol. The Bertz CT molecular complexity index is 385. The molecule has 96 valence electrons. The van der Waals surface area contributed by atoms with E-state index in [4.69, 9.17) is 0 Å². The number of amides is 1. The summed E-state index contributed by atoms with van der Waals surface area (Å²) in [4.78, 5) is 16.4. The normalized spacial score (nSPS) is 13.5. The van der Waals surface area contributed by atoms with Crippen molar-refractivity contribution >= 4 is 22.4 Å². The van der Waals surface area contributed by atoms with Crippen LogP contribution in [0.4, 0.5) is 5.13 Å². The standard InChI is InChI=1S/C13H22N2OS/c1-6-9(3)10-8-17-12(14-10)15-11(16)13(4,5)7-2/h8-9H,6-7H2,1-5H3,(H,14,15,16). The molecule has 3 nitrogen and oxygen atoms in total. The fourth-order valence-corrected chi connectivity index (χ4v) is 2.03. The molecule has 0 aliphatic heterocycles. The topological polar surface area (TPSA) is 42.0 Å². The molecule has 0 fully saturated rings. The maximum atomic E-state index is 12.0. The van der Waals surface area contributed by atoms with Crippen molar-refractivity contribution in [3.05, 3.63) is 11.1 Å². The van der Waals surface area contributed by atoms with E-state index in [1.807, 2.05) is 26.2 Å². The van der Waals surface area contributed by atoms with Gasteiger partial charge in [0.15, 0.2) is 5.13 Å². The molecular formula is C13H22N2OS. The first-order valence-corrected chi connectivity index (χ1v) is 7.05. The summed E-state index contributed by atoms with van der Waals surface area (Å²) in [5.74, 6) is 0.501. The lowest BCUT2D eigenvalue weighted by Crippen LogP contribution is -2.29. The number of carbonyl (C=O) groups is 1. The minimum Gasteiger partial charge on any atom is -0.302 e. The van der Waals surface area contributed by atoms with Crippen molar-refractivity contribution in [1.29, 1.82) is 0 Å². The Balaban J connectivity index is 2.70. The molecule has 0 spiro atoms. The number of hydrogen-bond acceptors (Lipinski definition) is 3. The average molecular weight is 254 g/mol. The van der Waals surface area contributed by atoms with E-state index in [-0.39, 0.29) is 11.3 Å². The Labute approximate surface area is 108 Å². The van der Waals surface area contributed by atoms with Gasteiger partial charge in [0.2, 0.25) is 5.91 Å². The SMILES string of the molecule is CCC(C)c1csc(NC(=O)C(C)(C)CC)n1. The number of thiazole rings is 1. The zero-order chi connectivity index (χ0) is 13.1. The number of hydrogen-bond donors (Lipinski definition) is 1. The van der Waals surface area contributed by atoms with Gasteiger partial charge >= 0.3 is 0 Å². The van der Waals surface area contributed by atoms with Gasteiger partial charge in [-0.3, -0.25) is 4.79 Å². The fourth-order valence-electron chi connectivity index (χ4n) is 1.21. The van der Waals surface area contributed by atoms with Crippen LogP contribution in [0.3, 0.4) is 0 Å². The summed E-state index contributed by atoms with van der Waals surface area (Å²) >= 11 is 1.51. The van der Waals surface area contributed by atoms with Crippen molar-refractivity contribution in [3.8, 4) is 0 Å². The largest absolute Gasteiger partial charge is 0.302 e. The molecule has 1 heterocycles. The molecule has 1 aromatic rings. The second-order valence-electron chi connectivity index (χ2n) is 5.08. The van der Waals surface area contributed by atoms with E-state index in [1.165, 1.54) is 11.3 Å². The Hall–Kier alpha value is -0.900. The quantitative estimate of drug-likeness (QED) is 0.862. The Kier molecular flexibility index (Phi) is 4.69. The van der Waals surface area contributed by atoms with Gasteiger partial charge in [-0.15, -0.1) is 11.3 Å². The van der Waals surface area contributed by atoms with E-state index < -0.39 is 0 Å². The van der Waals surface area contributed by atoms with Gasteiger partial charge in [-0.1, -0.05) is 34.6 Å². The first-order valence-electron chi connectivity index (χ1n) is 6.17. The molecule has 0 aliphatic rings. The molecule has 1 aromatic heterocycles. The van der Waals surface area contributed by atoms with Crippen LogP contribution in [0.1, 0.15) is 59.1 Å². The summed E-state index contributed by atoms with van der Waals surface area (Å²) in [6.45, 7) is 10.2. The highest BCUT2D eigenvalue weighted by Gasteiger charge is 2.26. The van der Waals surface area contributed by atoms with E-state index in [0.717, 1.165) is 18.5 Å². The number of anilines is 1. The lowest BCUT2D eigenvalue weighted by Gasteiger charge is -2.20. The third-order valence-corrected chi connectivity index (χ3v) is 4.13. The van der Waals surface area contributed by atoms with Crippen molar-refractivity contribution in [2.24, 2.45) is 5.41 Å². The molecule has 0 saturated heterocycles. The van der Waals surface area contributed by atoms with Crippen LogP contribution in [0.15, 0.2) is 5.38 Å². The second-order valence-corrected chi connectivity index (χ2v) is 5.94. The number of nitrogens with zero attached hydrogens (tertiary/aromatic N) is 1. The molecule has 0 aromatic carbocycles. The third kappa shape index (κ3) is 3.53. The highest BCUT2D eigenvalue weighted by molar-refractivity contribution is 7.13. The van der Waals surface area contributed by atoms with Crippen molar-refractivity contribution in [3.63, 3.8) is 0 Å². The van der Waals surface area contributed by atoms with Gasteiger partial charge in [0.05, 0.1) is 5.69 Å². The molecular weight excluding hydrogens is 232 g/mol. The highest BCUT2D eigenvalue weighted by Crippen LogP contribution is 2.26. The maximum absolute atomic E-state index is 12.0. The van der Waals surface area contributed by atoms with Gasteiger partial charge in [-0.05, 0) is 18.8 Å². The van der Waals surface area contributed by atoms with E-state index in [2.05, 4.69) is 24.1 Å². The van der Waals surface area contributed by atoms with E-state index in [0.29, 0.717) is 11.0 Å². The zero-order valence-electron chi connectivity index (χ0n) is 11.3. The van der Waals surface area contributed by atoms with Crippen LogP contribution < -0.4 is 5.32 Å². The molecule has 1 N–H and O–H groups in total. The Morgan fingerprint density at radius 2 is 2.18 bits per heavy atom. The van der Waals surface area contributed by atoms with Crippen molar-refractivity contribution in [2.75, 3.05) is 5.32 Å². The Morgan fingerprint density at radius 1 is 1.53 bits per heavy atom. The molecule has 0 aliphatic carbocycles. The molecule has 1 unspecified atom stereocenters. The van der Waals surface area contributed by atoms with Crippen LogP contribution in [0.25, 0.3) is 0 Å². The summed E-state index contributed by atoms with van der Waals surface area (Å²) in [5, 5.41) is 5.65. The second kappa shape index (κ2) is 5.63. The first kappa shape index (κ1) is 14.2. The van der Waals surface area contributed by atoms with Gasteiger partial charge in [0, 0.05) is 10.8 Å². The van der Waals surface area contributed by atoms with Crippen molar-refractivity contribution in [1.82, 2.24) is 4.98 Å². The summed E-state index contributed by atoms with van der Waals surface area (Å²) in [6, 6.07) is 0.